The van der Waals surface area contributed by atoms with E-state index in [9.17, 15) is 8.42 Å². The van der Waals surface area contributed by atoms with Crippen LogP contribution in [0.4, 0.5) is 0 Å². The Morgan fingerprint density at radius 1 is 1.30 bits per heavy atom. The molecule has 0 amide bonds. The van der Waals surface area contributed by atoms with E-state index in [-0.39, 0.29) is 17.1 Å². The molecule has 2 aromatic heterocycles. The number of hydrogen-bond donors (Lipinski definition) is 1. The van der Waals surface area contributed by atoms with Crippen LogP contribution in [0.2, 0.25) is 0 Å². The highest BCUT2D eigenvalue weighted by atomic mass is 32.2. The van der Waals surface area contributed by atoms with Crippen molar-refractivity contribution in [3.63, 3.8) is 0 Å². The number of aryl methyl sites for hydroxylation is 1. The van der Waals surface area contributed by atoms with Crippen molar-refractivity contribution < 1.29 is 8.42 Å². The third-order valence-electron chi connectivity index (χ3n) is 2.61. The first-order valence-corrected chi connectivity index (χ1v) is 7.27. The zero-order valence-corrected chi connectivity index (χ0v) is 11.6. The maximum Gasteiger partial charge on any atom is 0.243 e. The molecule has 0 aromatic carbocycles. The average molecular weight is 288 g/mol. The van der Waals surface area contributed by atoms with Gasteiger partial charge in [-0.1, -0.05) is 6.07 Å². The summed E-state index contributed by atoms with van der Waals surface area (Å²) in [6, 6.07) is 8.18. The lowest BCUT2D eigenvalue weighted by Gasteiger charge is -2.07. The zero-order valence-electron chi connectivity index (χ0n) is 10.7. The van der Waals surface area contributed by atoms with Gasteiger partial charge in [0.15, 0.2) is 5.69 Å². The van der Waals surface area contributed by atoms with Gasteiger partial charge in [0.25, 0.3) is 0 Å². The van der Waals surface area contributed by atoms with Gasteiger partial charge in [-0.2, -0.15) is 5.26 Å². The van der Waals surface area contributed by atoms with Gasteiger partial charge in [0, 0.05) is 24.6 Å². The van der Waals surface area contributed by atoms with Crippen LogP contribution >= 0.6 is 0 Å². The van der Waals surface area contributed by atoms with Crippen molar-refractivity contribution in [2.24, 2.45) is 0 Å². The molecule has 2 aromatic rings. The fourth-order valence-electron chi connectivity index (χ4n) is 1.55. The summed E-state index contributed by atoms with van der Waals surface area (Å²) in [5.74, 6) is 0. The van der Waals surface area contributed by atoms with Gasteiger partial charge in [-0.15, -0.1) is 0 Å². The maximum absolute atomic E-state index is 12.1. The van der Waals surface area contributed by atoms with Crippen LogP contribution in [0.3, 0.4) is 0 Å². The lowest BCUT2D eigenvalue weighted by molar-refractivity contribution is 0.580. The van der Waals surface area contributed by atoms with Crippen LogP contribution in [-0.4, -0.2) is 18.4 Å². The molecule has 0 saturated heterocycles. The molecule has 20 heavy (non-hydrogen) atoms. The molecule has 0 radical (unpaired) electrons. The Hall–Kier alpha value is -2.30. The van der Waals surface area contributed by atoms with E-state index in [2.05, 4.69) is 14.7 Å². The number of sulfonamides is 1. The van der Waals surface area contributed by atoms with Gasteiger partial charge in [-0.3, -0.25) is 4.98 Å². The Morgan fingerprint density at radius 3 is 2.75 bits per heavy atom. The van der Waals surface area contributed by atoms with Crippen LogP contribution in [0, 0.1) is 18.3 Å². The van der Waals surface area contributed by atoms with Crippen molar-refractivity contribution in [3.05, 3.63) is 53.6 Å². The normalized spacial score (nSPS) is 11.0. The summed E-state index contributed by atoms with van der Waals surface area (Å²) in [4.78, 5) is 7.70. The van der Waals surface area contributed by atoms with Gasteiger partial charge >= 0.3 is 0 Å². The molecule has 7 heteroatoms. The van der Waals surface area contributed by atoms with E-state index >= 15 is 0 Å². The minimum absolute atomic E-state index is 0.107. The van der Waals surface area contributed by atoms with Gasteiger partial charge in [0.2, 0.25) is 10.0 Å². The smallest absolute Gasteiger partial charge is 0.243 e. The van der Waals surface area contributed by atoms with Crippen molar-refractivity contribution in [2.45, 2.75) is 18.4 Å². The molecule has 0 fully saturated rings. The van der Waals surface area contributed by atoms with Gasteiger partial charge in [0.1, 0.15) is 11.0 Å². The van der Waals surface area contributed by atoms with Gasteiger partial charge < -0.3 is 0 Å². The van der Waals surface area contributed by atoms with E-state index < -0.39 is 10.0 Å². The van der Waals surface area contributed by atoms with Crippen molar-refractivity contribution in [2.75, 3.05) is 0 Å². The first-order valence-electron chi connectivity index (χ1n) is 5.79. The molecule has 2 rings (SSSR count). The van der Waals surface area contributed by atoms with Crippen molar-refractivity contribution in [3.8, 4) is 6.07 Å². The highest BCUT2D eigenvalue weighted by Crippen LogP contribution is 2.12. The average Bonchev–Trinajstić information content (AvgIpc) is 2.46. The molecule has 0 aliphatic rings. The highest BCUT2D eigenvalue weighted by Gasteiger charge is 2.18. The van der Waals surface area contributed by atoms with Crippen LogP contribution in [0.5, 0.6) is 0 Å². The highest BCUT2D eigenvalue weighted by molar-refractivity contribution is 7.89. The van der Waals surface area contributed by atoms with Crippen molar-refractivity contribution in [1.29, 1.82) is 5.26 Å². The molecule has 6 nitrogen and oxygen atoms in total. The van der Waals surface area contributed by atoms with Crippen LogP contribution < -0.4 is 4.72 Å². The summed E-state index contributed by atoms with van der Waals surface area (Å²) in [7, 11) is -3.77. The number of nitrogens with one attached hydrogen (secondary N) is 1. The third kappa shape index (κ3) is 3.17. The molecular weight excluding hydrogens is 276 g/mol. The van der Waals surface area contributed by atoms with Gasteiger partial charge in [-0.05, 0) is 30.7 Å². The number of nitrogens with zero attached hydrogens (tertiary/aromatic N) is 3. The Labute approximate surface area is 117 Å². The van der Waals surface area contributed by atoms with Crippen molar-refractivity contribution >= 4 is 10.0 Å². The van der Waals surface area contributed by atoms with Crippen LogP contribution in [0.25, 0.3) is 0 Å². The summed E-state index contributed by atoms with van der Waals surface area (Å²) >= 11 is 0. The molecule has 102 valence electrons. The molecule has 0 atom stereocenters. The van der Waals surface area contributed by atoms with E-state index in [0.29, 0.717) is 0 Å². The lowest BCUT2D eigenvalue weighted by atomic mass is 10.2. The molecule has 0 aliphatic heterocycles. The van der Waals surface area contributed by atoms with E-state index in [1.54, 1.807) is 24.4 Å². The number of pyridine rings is 2. The van der Waals surface area contributed by atoms with E-state index in [1.165, 1.54) is 18.3 Å². The Kier molecular flexibility index (Phi) is 4.08. The third-order valence-corrected chi connectivity index (χ3v) is 4.04. The summed E-state index contributed by atoms with van der Waals surface area (Å²) in [5.41, 5.74) is 1.47. The largest absolute Gasteiger partial charge is 0.261 e. The predicted octanol–water partition coefficient (Wildman–Crippen LogP) is 1.14. The summed E-state index contributed by atoms with van der Waals surface area (Å²) in [5, 5.41) is 8.88. The van der Waals surface area contributed by atoms with E-state index in [0.717, 1.165) is 11.3 Å². The molecule has 0 unspecified atom stereocenters. The van der Waals surface area contributed by atoms with E-state index in [1.807, 2.05) is 6.92 Å². The second-order valence-electron chi connectivity index (χ2n) is 4.09. The maximum atomic E-state index is 12.1. The fraction of sp³-hybridized carbons (Fsp3) is 0.154. The Bertz CT molecular complexity index is 749. The molecule has 1 N–H and O–H groups in total. The number of aromatic nitrogens is 2. The minimum atomic E-state index is -3.77. The zero-order chi connectivity index (χ0) is 14.6. The molecule has 0 spiro atoms. The van der Waals surface area contributed by atoms with Crippen LogP contribution in [0.15, 0.2) is 41.6 Å². The molecule has 2 heterocycles. The number of nitriles is 1. The topological polar surface area (TPSA) is 95.7 Å². The summed E-state index contributed by atoms with van der Waals surface area (Å²) in [6.45, 7) is 1.96. The second-order valence-corrected chi connectivity index (χ2v) is 5.83. The standard InChI is InChI=1S/C13H12N4O2S/c1-10-4-5-11(8-16-10)9-17-20(18,19)13-3-2-6-15-12(13)7-14/h2-6,8,17H,9H2,1H3. The lowest BCUT2D eigenvalue weighted by Crippen LogP contribution is -2.24. The molecule has 0 saturated carbocycles. The quantitative estimate of drug-likeness (QED) is 0.910. The monoisotopic (exact) mass is 288 g/mol. The molecule has 0 bridgehead atoms. The van der Waals surface area contributed by atoms with Crippen LogP contribution in [0.1, 0.15) is 17.0 Å². The summed E-state index contributed by atoms with van der Waals surface area (Å²) in [6.07, 6.45) is 2.98. The van der Waals surface area contributed by atoms with Crippen LogP contribution in [-0.2, 0) is 16.6 Å². The number of hydrogen-bond acceptors (Lipinski definition) is 5. The molecular formula is C13H12N4O2S. The minimum Gasteiger partial charge on any atom is -0.261 e. The Balaban J connectivity index is 2.20. The van der Waals surface area contributed by atoms with Gasteiger partial charge in [-0.25, -0.2) is 18.1 Å². The first kappa shape index (κ1) is 14.1. The first-order chi connectivity index (χ1) is 9.53. The molecule has 0 aliphatic carbocycles. The fourth-order valence-corrected chi connectivity index (χ4v) is 2.67. The SMILES string of the molecule is Cc1ccc(CNS(=O)(=O)c2cccnc2C#N)cn1. The second kappa shape index (κ2) is 5.77. The summed E-state index contributed by atoms with van der Waals surface area (Å²) < 4.78 is 26.7. The van der Waals surface area contributed by atoms with Gasteiger partial charge in [0.05, 0.1) is 0 Å². The van der Waals surface area contributed by atoms with Crippen molar-refractivity contribution in [1.82, 2.24) is 14.7 Å². The Morgan fingerprint density at radius 2 is 2.10 bits per heavy atom. The predicted molar refractivity (Wildman–Crippen MR) is 72.0 cm³/mol. The van der Waals surface area contributed by atoms with E-state index in [4.69, 9.17) is 5.26 Å². The number of rotatable bonds is 4.